The molecular weight excluding hydrogens is 320 g/mol. The number of aliphatic hydroxyl groups is 1. The highest BCUT2D eigenvalue weighted by Crippen LogP contribution is 2.25. The van der Waals surface area contributed by atoms with Crippen LogP contribution in [0.2, 0.25) is 0 Å². The standard InChI is InChI=1S/C15H19BrN2O2/c1-9-7-12(11(3)19)5-6-14(9)20-8-13-15(16)10(2)17-18(13)4/h5-7,11,19H,8H2,1-4H3. The van der Waals surface area contributed by atoms with Crippen molar-refractivity contribution in [1.29, 1.82) is 0 Å². The Kier molecular flexibility index (Phi) is 4.50. The predicted molar refractivity (Wildman–Crippen MR) is 81.8 cm³/mol. The van der Waals surface area contributed by atoms with Crippen molar-refractivity contribution < 1.29 is 9.84 Å². The number of aromatic nitrogens is 2. The average Bonchev–Trinajstić information content (AvgIpc) is 2.62. The number of ether oxygens (including phenoxy) is 1. The third-order valence-electron chi connectivity index (χ3n) is 3.31. The summed E-state index contributed by atoms with van der Waals surface area (Å²) in [5, 5.41) is 13.9. The molecule has 0 aliphatic carbocycles. The predicted octanol–water partition coefficient (Wildman–Crippen LogP) is 3.43. The van der Waals surface area contributed by atoms with Gasteiger partial charge in [0.2, 0.25) is 0 Å². The van der Waals surface area contributed by atoms with Crippen LogP contribution in [0.25, 0.3) is 0 Å². The Bertz CT molecular complexity index is 621. The number of hydrogen-bond donors (Lipinski definition) is 1. The highest BCUT2D eigenvalue weighted by atomic mass is 79.9. The number of hydrogen-bond acceptors (Lipinski definition) is 3. The van der Waals surface area contributed by atoms with Gasteiger partial charge in [-0.3, -0.25) is 4.68 Å². The summed E-state index contributed by atoms with van der Waals surface area (Å²) in [4.78, 5) is 0. The van der Waals surface area contributed by atoms with E-state index in [1.807, 2.05) is 43.8 Å². The maximum Gasteiger partial charge on any atom is 0.131 e. The number of rotatable bonds is 4. The minimum Gasteiger partial charge on any atom is -0.487 e. The van der Waals surface area contributed by atoms with Crippen molar-refractivity contribution in [2.24, 2.45) is 7.05 Å². The van der Waals surface area contributed by atoms with Crippen LogP contribution < -0.4 is 4.74 Å². The van der Waals surface area contributed by atoms with Crippen molar-refractivity contribution in [3.8, 4) is 5.75 Å². The second-order valence-corrected chi connectivity index (χ2v) is 5.75. The van der Waals surface area contributed by atoms with Gasteiger partial charge in [-0.05, 0) is 60.0 Å². The van der Waals surface area contributed by atoms with E-state index >= 15 is 0 Å². The minimum absolute atomic E-state index is 0.451. The number of halogens is 1. The quantitative estimate of drug-likeness (QED) is 0.928. The highest BCUT2D eigenvalue weighted by molar-refractivity contribution is 9.10. The number of benzene rings is 1. The first-order valence-electron chi connectivity index (χ1n) is 6.49. The lowest BCUT2D eigenvalue weighted by Crippen LogP contribution is -2.04. The van der Waals surface area contributed by atoms with Crippen LogP contribution in [0.3, 0.4) is 0 Å². The average molecular weight is 339 g/mol. The Morgan fingerprint density at radius 2 is 2.10 bits per heavy atom. The summed E-state index contributed by atoms with van der Waals surface area (Å²) < 4.78 is 8.66. The summed E-state index contributed by atoms with van der Waals surface area (Å²) in [5.74, 6) is 0.820. The molecule has 0 aliphatic rings. The monoisotopic (exact) mass is 338 g/mol. The van der Waals surface area contributed by atoms with Crippen LogP contribution in [0, 0.1) is 13.8 Å². The minimum atomic E-state index is -0.461. The summed E-state index contributed by atoms with van der Waals surface area (Å²) in [6.45, 7) is 6.14. The fourth-order valence-corrected chi connectivity index (χ4v) is 2.53. The van der Waals surface area contributed by atoms with E-state index in [1.54, 1.807) is 6.92 Å². The van der Waals surface area contributed by atoms with Crippen molar-refractivity contribution in [2.75, 3.05) is 0 Å². The molecule has 4 nitrogen and oxygen atoms in total. The Labute approximate surface area is 127 Å². The molecule has 0 saturated carbocycles. The van der Waals surface area contributed by atoms with Gasteiger partial charge in [0.05, 0.1) is 22.0 Å². The molecule has 1 aromatic carbocycles. The molecular formula is C15H19BrN2O2. The molecule has 2 aromatic rings. The Morgan fingerprint density at radius 3 is 2.60 bits per heavy atom. The zero-order valence-corrected chi connectivity index (χ0v) is 13.7. The van der Waals surface area contributed by atoms with Crippen LogP contribution in [0.1, 0.15) is 35.5 Å². The van der Waals surface area contributed by atoms with E-state index in [0.29, 0.717) is 6.61 Å². The van der Waals surface area contributed by atoms with Crippen molar-refractivity contribution >= 4 is 15.9 Å². The maximum absolute atomic E-state index is 9.56. The summed E-state index contributed by atoms with van der Waals surface area (Å²) in [5.41, 5.74) is 3.86. The zero-order chi connectivity index (χ0) is 14.9. The first-order chi connectivity index (χ1) is 9.40. The van der Waals surface area contributed by atoms with Gasteiger partial charge >= 0.3 is 0 Å². The molecule has 1 aromatic heterocycles. The molecule has 0 spiro atoms. The van der Waals surface area contributed by atoms with Gasteiger partial charge in [0.25, 0.3) is 0 Å². The number of aliphatic hydroxyl groups excluding tert-OH is 1. The Hall–Kier alpha value is -1.33. The molecule has 0 bridgehead atoms. The van der Waals surface area contributed by atoms with Crippen LogP contribution in [-0.4, -0.2) is 14.9 Å². The van der Waals surface area contributed by atoms with E-state index in [2.05, 4.69) is 21.0 Å². The van der Waals surface area contributed by atoms with E-state index < -0.39 is 6.10 Å². The van der Waals surface area contributed by atoms with Gasteiger partial charge in [-0.1, -0.05) is 6.07 Å². The molecule has 1 atom stereocenters. The van der Waals surface area contributed by atoms with E-state index in [-0.39, 0.29) is 0 Å². The largest absolute Gasteiger partial charge is 0.487 e. The van der Waals surface area contributed by atoms with Gasteiger partial charge in [-0.25, -0.2) is 0 Å². The summed E-state index contributed by atoms with van der Waals surface area (Å²) in [6.07, 6.45) is -0.461. The SMILES string of the molecule is Cc1cc(C(C)O)ccc1OCc1c(Br)c(C)nn1C. The topological polar surface area (TPSA) is 47.3 Å². The van der Waals surface area contributed by atoms with Crippen LogP contribution in [0.4, 0.5) is 0 Å². The Balaban J connectivity index is 2.15. The van der Waals surface area contributed by atoms with Gasteiger partial charge in [0.1, 0.15) is 12.4 Å². The van der Waals surface area contributed by atoms with Gasteiger partial charge < -0.3 is 9.84 Å². The summed E-state index contributed by atoms with van der Waals surface area (Å²) in [6, 6.07) is 5.73. The van der Waals surface area contributed by atoms with Crippen molar-refractivity contribution in [2.45, 2.75) is 33.5 Å². The molecule has 20 heavy (non-hydrogen) atoms. The maximum atomic E-state index is 9.56. The fourth-order valence-electron chi connectivity index (χ4n) is 2.08. The Morgan fingerprint density at radius 1 is 1.40 bits per heavy atom. The third-order valence-corrected chi connectivity index (χ3v) is 4.34. The molecule has 5 heteroatoms. The molecule has 108 valence electrons. The second-order valence-electron chi connectivity index (χ2n) is 4.96. The summed E-state index contributed by atoms with van der Waals surface area (Å²) in [7, 11) is 1.90. The molecule has 0 fully saturated rings. The molecule has 1 unspecified atom stereocenters. The lowest BCUT2D eigenvalue weighted by Gasteiger charge is -2.12. The van der Waals surface area contributed by atoms with E-state index in [9.17, 15) is 5.11 Å². The van der Waals surface area contributed by atoms with Crippen molar-refractivity contribution in [3.05, 3.63) is 45.2 Å². The molecule has 0 amide bonds. The van der Waals surface area contributed by atoms with Gasteiger partial charge in [-0.2, -0.15) is 5.10 Å². The molecule has 2 rings (SSSR count). The molecule has 1 heterocycles. The van der Waals surface area contributed by atoms with Crippen LogP contribution in [0.5, 0.6) is 5.75 Å². The smallest absolute Gasteiger partial charge is 0.131 e. The van der Waals surface area contributed by atoms with Gasteiger partial charge in [-0.15, -0.1) is 0 Å². The van der Waals surface area contributed by atoms with E-state index in [1.165, 1.54) is 0 Å². The normalized spacial score (nSPS) is 12.5. The van der Waals surface area contributed by atoms with Gasteiger partial charge in [0, 0.05) is 7.05 Å². The molecule has 0 saturated heterocycles. The third kappa shape index (κ3) is 3.04. The second kappa shape index (κ2) is 5.97. The lowest BCUT2D eigenvalue weighted by atomic mass is 10.1. The molecule has 1 N–H and O–H groups in total. The van der Waals surface area contributed by atoms with Crippen LogP contribution in [-0.2, 0) is 13.7 Å². The first kappa shape index (κ1) is 15.1. The number of aryl methyl sites for hydroxylation is 3. The first-order valence-corrected chi connectivity index (χ1v) is 7.29. The lowest BCUT2D eigenvalue weighted by molar-refractivity contribution is 0.199. The molecule has 0 radical (unpaired) electrons. The summed E-state index contributed by atoms with van der Waals surface area (Å²) >= 11 is 3.53. The van der Waals surface area contributed by atoms with Crippen molar-refractivity contribution in [3.63, 3.8) is 0 Å². The highest BCUT2D eigenvalue weighted by Gasteiger charge is 2.12. The molecule has 0 aliphatic heterocycles. The van der Waals surface area contributed by atoms with E-state index in [0.717, 1.165) is 32.7 Å². The van der Waals surface area contributed by atoms with E-state index in [4.69, 9.17) is 4.74 Å². The number of nitrogens with zero attached hydrogens (tertiary/aromatic N) is 2. The fraction of sp³-hybridized carbons (Fsp3) is 0.400. The zero-order valence-electron chi connectivity index (χ0n) is 12.1. The van der Waals surface area contributed by atoms with Gasteiger partial charge in [0.15, 0.2) is 0 Å². The van der Waals surface area contributed by atoms with Crippen LogP contribution in [0.15, 0.2) is 22.7 Å². The van der Waals surface area contributed by atoms with Crippen molar-refractivity contribution in [1.82, 2.24) is 9.78 Å². The van der Waals surface area contributed by atoms with Crippen LogP contribution >= 0.6 is 15.9 Å².